The molecular weight excluding hydrogens is 328 g/mol. The third-order valence-corrected chi connectivity index (χ3v) is 4.92. The molecule has 1 aliphatic heterocycles. The molecule has 1 rings (SSSR count). The second-order valence-electron chi connectivity index (χ2n) is 6.43. The van der Waals surface area contributed by atoms with Crippen molar-refractivity contribution in [3.63, 3.8) is 0 Å². The van der Waals surface area contributed by atoms with E-state index < -0.39 is 6.04 Å². The van der Waals surface area contributed by atoms with Crippen LogP contribution in [0.5, 0.6) is 0 Å². The van der Waals surface area contributed by atoms with Gasteiger partial charge in [-0.3, -0.25) is 14.5 Å². The second-order valence-corrected chi connectivity index (χ2v) is 6.43. The lowest BCUT2D eigenvalue weighted by Gasteiger charge is -2.27. The minimum Gasteiger partial charge on any atom is -0.342 e. The quantitative estimate of drug-likeness (QED) is 0.738. The molecule has 0 radical (unpaired) electrons. The van der Waals surface area contributed by atoms with Crippen LogP contribution in [0.3, 0.4) is 0 Å². The molecule has 0 aromatic heterocycles. The number of nitrogens with two attached hydrogens (primary N) is 1. The first kappa shape index (κ1) is 23.1. The van der Waals surface area contributed by atoms with Gasteiger partial charge in [0.15, 0.2) is 0 Å². The highest BCUT2D eigenvalue weighted by Crippen LogP contribution is 2.11. The number of likely N-dealkylation sites (N-methyl/N-ethyl adjacent to an activating group) is 1. The lowest BCUT2D eigenvalue weighted by molar-refractivity contribution is -0.133. The van der Waals surface area contributed by atoms with Gasteiger partial charge in [-0.2, -0.15) is 0 Å². The Hall–Kier alpha value is -0.850. The molecule has 0 aliphatic carbocycles. The van der Waals surface area contributed by atoms with Crippen molar-refractivity contribution in [1.82, 2.24) is 14.7 Å². The summed E-state index contributed by atoms with van der Waals surface area (Å²) >= 11 is 0. The summed E-state index contributed by atoms with van der Waals surface area (Å²) in [7, 11) is 0. The predicted molar refractivity (Wildman–Crippen MR) is 100 cm³/mol. The molecule has 1 heterocycles. The van der Waals surface area contributed by atoms with Crippen molar-refractivity contribution in [3.05, 3.63) is 0 Å². The molecule has 2 atom stereocenters. The molecule has 0 aromatic carbocycles. The van der Waals surface area contributed by atoms with E-state index in [2.05, 4.69) is 11.8 Å². The Morgan fingerprint density at radius 3 is 2.25 bits per heavy atom. The highest BCUT2D eigenvalue weighted by Gasteiger charge is 2.27. The third-order valence-electron chi connectivity index (χ3n) is 4.92. The summed E-state index contributed by atoms with van der Waals surface area (Å²) in [6.45, 7) is 13.0. The summed E-state index contributed by atoms with van der Waals surface area (Å²) < 4.78 is 0. The van der Waals surface area contributed by atoms with E-state index in [4.69, 9.17) is 5.73 Å². The van der Waals surface area contributed by atoms with Gasteiger partial charge >= 0.3 is 0 Å². The fourth-order valence-corrected chi connectivity index (χ4v) is 2.93. The van der Waals surface area contributed by atoms with E-state index in [1.807, 2.05) is 30.6 Å². The van der Waals surface area contributed by atoms with E-state index in [9.17, 15) is 9.59 Å². The smallest absolute Gasteiger partial charge is 0.239 e. The molecule has 2 N–H and O–H groups in total. The molecule has 24 heavy (non-hydrogen) atoms. The van der Waals surface area contributed by atoms with Crippen LogP contribution in [0.25, 0.3) is 0 Å². The van der Waals surface area contributed by atoms with Crippen LogP contribution in [0.15, 0.2) is 0 Å². The number of amides is 2. The van der Waals surface area contributed by atoms with Crippen LogP contribution in [0.1, 0.15) is 40.5 Å². The van der Waals surface area contributed by atoms with Crippen molar-refractivity contribution in [2.45, 2.75) is 46.6 Å². The molecule has 6 nitrogen and oxygen atoms in total. The number of carbonyl (C=O) groups excluding carboxylic acids is 2. The van der Waals surface area contributed by atoms with Crippen LogP contribution in [0.4, 0.5) is 0 Å². The van der Waals surface area contributed by atoms with Gasteiger partial charge in [-0.25, -0.2) is 0 Å². The number of rotatable bonds is 7. The first-order chi connectivity index (χ1) is 10.9. The monoisotopic (exact) mass is 362 g/mol. The van der Waals surface area contributed by atoms with Crippen LogP contribution in [-0.4, -0.2) is 78.4 Å². The van der Waals surface area contributed by atoms with Crippen molar-refractivity contribution in [2.24, 2.45) is 11.7 Å². The van der Waals surface area contributed by atoms with Crippen LogP contribution < -0.4 is 5.73 Å². The molecule has 7 heteroatoms. The van der Waals surface area contributed by atoms with Crippen LogP contribution in [-0.2, 0) is 9.59 Å². The van der Waals surface area contributed by atoms with Gasteiger partial charge in [-0.1, -0.05) is 20.3 Å². The highest BCUT2D eigenvalue weighted by molar-refractivity contribution is 5.85. The van der Waals surface area contributed by atoms with Crippen molar-refractivity contribution >= 4 is 24.2 Å². The zero-order valence-corrected chi connectivity index (χ0v) is 16.5. The van der Waals surface area contributed by atoms with Crippen molar-refractivity contribution in [2.75, 3.05) is 45.8 Å². The van der Waals surface area contributed by atoms with E-state index in [1.54, 1.807) is 0 Å². The fraction of sp³-hybridized carbons (Fsp3) is 0.882. The van der Waals surface area contributed by atoms with Gasteiger partial charge in [0.2, 0.25) is 11.8 Å². The summed E-state index contributed by atoms with van der Waals surface area (Å²) in [5.74, 6) is 0.424. The maximum Gasteiger partial charge on any atom is 0.239 e. The Balaban J connectivity index is 0.00000529. The maximum atomic E-state index is 12.5. The zero-order valence-electron chi connectivity index (χ0n) is 15.7. The fourth-order valence-electron chi connectivity index (χ4n) is 2.93. The molecular formula is C17H35ClN4O2. The first-order valence-corrected chi connectivity index (χ1v) is 8.98. The Morgan fingerprint density at radius 1 is 1.08 bits per heavy atom. The van der Waals surface area contributed by atoms with E-state index in [1.165, 1.54) is 0 Å². The highest BCUT2D eigenvalue weighted by atomic mass is 35.5. The lowest BCUT2D eigenvalue weighted by Crippen LogP contribution is -2.48. The largest absolute Gasteiger partial charge is 0.342 e. The first-order valence-electron chi connectivity index (χ1n) is 8.98. The van der Waals surface area contributed by atoms with Gasteiger partial charge in [0.05, 0.1) is 12.6 Å². The molecule has 1 aliphatic rings. The van der Waals surface area contributed by atoms with E-state index in [0.717, 1.165) is 45.6 Å². The van der Waals surface area contributed by atoms with Gasteiger partial charge in [0.1, 0.15) is 0 Å². The van der Waals surface area contributed by atoms with Crippen molar-refractivity contribution in [3.8, 4) is 0 Å². The molecule has 2 unspecified atom stereocenters. The SMILES string of the molecule is CCC(C)C(N)C(=O)N1CCCN(CC(=O)N(CC)CC)CC1.Cl. The topological polar surface area (TPSA) is 69.9 Å². The predicted octanol–water partition coefficient (Wildman–Crippen LogP) is 1.18. The van der Waals surface area contributed by atoms with Gasteiger partial charge in [-0.15, -0.1) is 12.4 Å². The van der Waals surface area contributed by atoms with Crippen molar-refractivity contribution in [1.29, 1.82) is 0 Å². The van der Waals surface area contributed by atoms with Crippen LogP contribution >= 0.6 is 12.4 Å². The maximum absolute atomic E-state index is 12.5. The number of halogens is 1. The average Bonchev–Trinajstić information content (AvgIpc) is 2.79. The summed E-state index contributed by atoms with van der Waals surface area (Å²) in [6.07, 6.45) is 1.80. The number of hydrogen-bond donors (Lipinski definition) is 1. The lowest BCUT2D eigenvalue weighted by atomic mass is 9.99. The van der Waals surface area contributed by atoms with E-state index in [-0.39, 0.29) is 30.1 Å². The minimum absolute atomic E-state index is 0. The van der Waals surface area contributed by atoms with Gasteiger partial charge in [-0.05, 0) is 26.2 Å². The molecule has 1 fully saturated rings. The Kier molecular flexibility index (Phi) is 11.2. The van der Waals surface area contributed by atoms with Crippen molar-refractivity contribution < 1.29 is 9.59 Å². The van der Waals surface area contributed by atoms with E-state index >= 15 is 0 Å². The molecule has 0 saturated carbocycles. The summed E-state index contributed by atoms with van der Waals surface area (Å²) in [5, 5.41) is 0. The molecule has 0 bridgehead atoms. The Labute approximate surface area is 153 Å². The van der Waals surface area contributed by atoms with Gasteiger partial charge in [0, 0.05) is 39.3 Å². The normalized spacial score (nSPS) is 18.3. The van der Waals surface area contributed by atoms with Gasteiger partial charge in [0.25, 0.3) is 0 Å². The Bertz CT molecular complexity index is 391. The van der Waals surface area contributed by atoms with Crippen LogP contribution in [0, 0.1) is 5.92 Å². The molecule has 1 saturated heterocycles. The summed E-state index contributed by atoms with van der Waals surface area (Å²) in [6, 6.07) is -0.413. The minimum atomic E-state index is -0.413. The molecule has 0 aromatic rings. The summed E-state index contributed by atoms with van der Waals surface area (Å²) in [5.41, 5.74) is 6.08. The third kappa shape index (κ3) is 6.57. The standard InChI is InChI=1S/C17H34N4O2.ClH/c1-5-14(4)16(18)17(23)21-10-8-9-19(11-12-21)13-15(22)20(6-2)7-3;/h14,16H,5-13,18H2,1-4H3;1H. The number of carbonyl (C=O) groups is 2. The molecule has 142 valence electrons. The van der Waals surface area contributed by atoms with Crippen LogP contribution in [0.2, 0.25) is 0 Å². The molecule has 2 amide bonds. The van der Waals surface area contributed by atoms with Gasteiger partial charge < -0.3 is 15.5 Å². The Morgan fingerprint density at radius 2 is 1.71 bits per heavy atom. The zero-order chi connectivity index (χ0) is 17.4. The average molecular weight is 363 g/mol. The molecule has 0 spiro atoms. The summed E-state index contributed by atoms with van der Waals surface area (Å²) in [4.78, 5) is 30.6. The number of hydrogen-bond acceptors (Lipinski definition) is 4. The number of nitrogens with zero attached hydrogens (tertiary/aromatic N) is 3. The second kappa shape index (κ2) is 11.7. The van der Waals surface area contributed by atoms with E-state index in [0.29, 0.717) is 13.1 Å².